The van der Waals surface area contributed by atoms with Crippen LogP contribution in [-0.2, 0) is 13.0 Å². The van der Waals surface area contributed by atoms with E-state index in [-0.39, 0.29) is 11.7 Å². The van der Waals surface area contributed by atoms with Crippen LogP contribution in [0.1, 0.15) is 39.3 Å². The lowest BCUT2D eigenvalue weighted by molar-refractivity contribution is 0.0952. The molecule has 0 aliphatic rings. The third-order valence-corrected chi connectivity index (χ3v) is 4.87. The maximum Gasteiger partial charge on any atom is 0.253 e. The molecule has 3 rings (SSSR count). The number of phenolic OH excluding ortho intramolecular Hbond substituents is 1. The van der Waals surface area contributed by atoms with Gasteiger partial charge in [-0.05, 0) is 56.0 Å². The molecule has 1 aromatic heterocycles. The molecule has 1 heterocycles. The van der Waals surface area contributed by atoms with Gasteiger partial charge in [0.2, 0.25) is 0 Å². The highest BCUT2D eigenvalue weighted by Gasteiger charge is 2.15. The Morgan fingerprint density at radius 1 is 1.00 bits per heavy atom. The molecule has 140 valence electrons. The number of hydrogen-bond donors (Lipinski definition) is 2. The van der Waals surface area contributed by atoms with Crippen LogP contribution in [0.3, 0.4) is 0 Å². The lowest BCUT2D eigenvalue weighted by Gasteiger charge is -2.10. The molecule has 2 N–H and O–H groups in total. The summed E-state index contributed by atoms with van der Waals surface area (Å²) in [6, 6.07) is 19.4. The third-order valence-electron chi connectivity index (χ3n) is 4.87. The summed E-state index contributed by atoms with van der Waals surface area (Å²) in [4.78, 5) is 12.6. The van der Waals surface area contributed by atoms with Gasteiger partial charge in [0.15, 0.2) is 0 Å². The summed E-state index contributed by atoms with van der Waals surface area (Å²) in [7, 11) is 0. The second-order valence-electron chi connectivity index (χ2n) is 6.88. The highest BCUT2D eigenvalue weighted by Crippen LogP contribution is 2.17. The van der Waals surface area contributed by atoms with Crippen molar-refractivity contribution in [1.82, 2.24) is 9.88 Å². The van der Waals surface area contributed by atoms with Crippen molar-refractivity contribution in [2.75, 3.05) is 6.54 Å². The van der Waals surface area contributed by atoms with Gasteiger partial charge < -0.3 is 15.0 Å². The number of hydrogen-bond acceptors (Lipinski definition) is 2. The van der Waals surface area contributed by atoms with Crippen LogP contribution in [0, 0.1) is 13.8 Å². The van der Waals surface area contributed by atoms with Crippen molar-refractivity contribution in [3.63, 3.8) is 0 Å². The number of aromatic nitrogens is 1. The van der Waals surface area contributed by atoms with E-state index in [0.717, 1.165) is 41.9 Å². The molecule has 0 fully saturated rings. The van der Waals surface area contributed by atoms with Crippen molar-refractivity contribution in [2.45, 2.75) is 33.2 Å². The quantitative estimate of drug-likeness (QED) is 0.618. The summed E-state index contributed by atoms with van der Waals surface area (Å²) in [5, 5.41) is 12.3. The van der Waals surface area contributed by atoms with E-state index in [0.29, 0.717) is 6.54 Å². The fourth-order valence-corrected chi connectivity index (χ4v) is 3.29. The molecule has 0 saturated carbocycles. The Kier molecular flexibility index (Phi) is 5.97. The number of carbonyl (C=O) groups excluding carboxylic acids is 1. The molecule has 27 heavy (non-hydrogen) atoms. The minimum atomic E-state index is -0.0203. The van der Waals surface area contributed by atoms with Gasteiger partial charge in [-0.1, -0.05) is 42.5 Å². The van der Waals surface area contributed by atoms with Crippen LogP contribution < -0.4 is 5.32 Å². The van der Waals surface area contributed by atoms with Crippen molar-refractivity contribution in [2.24, 2.45) is 0 Å². The molecule has 2 aromatic carbocycles. The molecule has 0 radical (unpaired) electrons. The maximum atomic E-state index is 12.6. The summed E-state index contributed by atoms with van der Waals surface area (Å²) in [6.07, 6.45) is 1.73. The fourth-order valence-electron chi connectivity index (χ4n) is 3.29. The molecule has 0 unspecified atom stereocenters. The van der Waals surface area contributed by atoms with Gasteiger partial charge in [-0.15, -0.1) is 0 Å². The summed E-state index contributed by atoms with van der Waals surface area (Å²) < 4.78 is 2.18. The van der Waals surface area contributed by atoms with Crippen molar-refractivity contribution < 1.29 is 9.90 Å². The molecular formula is C23H26N2O2. The molecule has 4 heteroatoms. The van der Waals surface area contributed by atoms with Crippen LogP contribution in [0.5, 0.6) is 5.75 Å². The lowest BCUT2D eigenvalue weighted by Crippen LogP contribution is -2.25. The first-order valence-corrected chi connectivity index (χ1v) is 9.31. The number of rotatable bonds is 7. The zero-order valence-corrected chi connectivity index (χ0v) is 15.9. The summed E-state index contributed by atoms with van der Waals surface area (Å²) in [5.74, 6) is 0.256. The van der Waals surface area contributed by atoms with E-state index in [1.54, 1.807) is 12.1 Å². The minimum Gasteiger partial charge on any atom is -0.508 e. The molecule has 4 nitrogen and oxygen atoms in total. The topological polar surface area (TPSA) is 54.3 Å². The third kappa shape index (κ3) is 4.79. The second kappa shape index (κ2) is 8.58. The van der Waals surface area contributed by atoms with Crippen molar-refractivity contribution in [3.8, 4) is 5.75 Å². The van der Waals surface area contributed by atoms with Gasteiger partial charge in [0.05, 0.1) is 5.56 Å². The Hall–Kier alpha value is -3.01. The molecule has 0 atom stereocenters. The number of carbonyl (C=O) groups is 1. The second-order valence-corrected chi connectivity index (χ2v) is 6.88. The van der Waals surface area contributed by atoms with Crippen LogP contribution in [0.25, 0.3) is 0 Å². The van der Waals surface area contributed by atoms with Crippen molar-refractivity contribution >= 4 is 5.91 Å². The van der Waals surface area contributed by atoms with Crippen LogP contribution >= 0.6 is 0 Å². The monoisotopic (exact) mass is 362 g/mol. The van der Waals surface area contributed by atoms with Gasteiger partial charge >= 0.3 is 0 Å². The number of benzene rings is 2. The normalized spacial score (nSPS) is 10.7. The Balaban J connectivity index is 1.56. The first-order chi connectivity index (χ1) is 13.0. The lowest BCUT2D eigenvalue weighted by atomic mass is 10.1. The molecule has 0 saturated heterocycles. The number of aromatic hydroxyl groups is 1. The highest BCUT2D eigenvalue weighted by molar-refractivity contribution is 5.95. The molecular weight excluding hydrogens is 336 g/mol. The van der Waals surface area contributed by atoms with E-state index in [9.17, 15) is 9.90 Å². The predicted octanol–water partition coefficient (Wildman–Crippen LogP) is 4.22. The number of aryl methyl sites for hydroxylation is 2. The van der Waals surface area contributed by atoms with Gasteiger partial charge in [0, 0.05) is 24.5 Å². The zero-order chi connectivity index (χ0) is 19.2. The largest absolute Gasteiger partial charge is 0.508 e. The summed E-state index contributed by atoms with van der Waals surface area (Å²) >= 11 is 0. The number of nitrogens with zero attached hydrogens (tertiary/aromatic N) is 1. The molecule has 0 aliphatic heterocycles. The van der Waals surface area contributed by atoms with E-state index in [4.69, 9.17) is 0 Å². The van der Waals surface area contributed by atoms with Crippen LogP contribution in [-0.4, -0.2) is 22.1 Å². The predicted molar refractivity (Wildman–Crippen MR) is 108 cm³/mol. The minimum absolute atomic E-state index is 0.0203. The Bertz CT molecular complexity index is 896. The van der Waals surface area contributed by atoms with Crippen LogP contribution in [0.15, 0.2) is 60.7 Å². The molecule has 1 amide bonds. The van der Waals surface area contributed by atoms with Gasteiger partial charge in [-0.3, -0.25) is 4.79 Å². The fraction of sp³-hybridized carbons (Fsp3) is 0.261. The number of amides is 1. The number of nitrogens with one attached hydrogen (secondary N) is 1. The van der Waals surface area contributed by atoms with Crippen LogP contribution in [0.4, 0.5) is 0 Å². The summed E-state index contributed by atoms with van der Waals surface area (Å²) in [5.41, 5.74) is 5.20. The maximum absolute atomic E-state index is 12.6. The smallest absolute Gasteiger partial charge is 0.253 e. The highest BCUT2D eigenvalue weighted by atomic mass is 16.3. The van der Waals surface area contributed by atoms with E-state index in [2.05, 4.69) is 22.0 Å². The van der Waals surface area contributed by atoms with Gasteiger partial charge in [-0.2, -0.15) is 0 Å². The van der Waals surface area contributed by atoms with E-state index < -0.39 is 0 Å². The Morgan fingerprint density at radius 3 is 2.41 bits per heavy atom. The van der Waals surface area contributed by atoms with Gasteiger partial charge in [-0.25, -0.2) is 0 Å². The first kappa shape index (κ1) is 18.8. The average Bonchev–Trinajstić information content (AvgIpc) is 2.95. The zero-order valence-electron chi connectivity index (χ0n) is 15.9. The standard InChI is InChI=1S/C23H26N2O2/c1-17-15-22(18(2)25(17)16-20-7-4-3-5-8-20)23(27)24-14-6-9-19-10-12-21(26)13-11-19/h3-5,7-8,10-13,15,26H,6,9,14,16H2,1-2H3,(H,24,27). The first-order valence-electron chi connectivity index (χ1n) is 9.31. The van der Waals surface area contributed by atoms with E-state index in [1.807, 2.05) is 50.2 Å². The molecule has 0 spiro atoms. The van der Waals surface area contributed by atoms with Crippen molar-refractivity contribution in [3.05, 3.63) is 88.7 Å². The van der Waals surface area contributed by atoms with Gasteiger partial charge in [0.1, 0.15) is 5.75 Å². The summed E-state index contributed by atoms with van der Waals surface area (Å²) in [6.45, 7) is 5.44. The SMILES string of the molecule is Cc1cc(C(=O)NCCCc2ccc(O)cc2)c(C)n1Cc1ccccc1. The van der Waals surface area contributed by atoms with E-state index in [1.165, 1.54) is 5.56 Å². The Labute approximate surface area is 160 Å². The average molecular weight is 362 g/mol. The van der Waals surface area contributed by atoms with Gasteiger partial charge in [0.25, 0.3) is 5.91 Å². The molecule has 3 aromatic rings. The van der Waals surface area contributed by atoms with Crippen LogP contribution in [0.2, 0.25) is 0 Å². The van der Waals surface area contributed by atoms with E-state index >= 15 is 0 Å². The Morgan fingerprint density at radius 2 is 1.70 bits per heavy atom. The van der Waals surface area contributed by atoms with Crippen molar-refractivity contribution in [1.29, 1.82) is 0 Å². The number of phenols is 1. The molecule has 0 aliphatic carbocycles. The molecule has 0 bridgehead atoms.